The molecule has 0 N–H and O–H groups in total. The van der Waals surface area contributed by atoms with Crippen LogP contribution in [0.15, 0.2) is 16.9 Å². The summed E-state index contributed by atoms with van der Waals surface area (Å²) in [4.78, 5) is 18.3. The molecule has 0 spiro atoms. The van der Waals surface area contributed by atoms with Gasteiger partial charge in [-0.3, -0.25) is 4.57 Å². The molecule has 4 rings (SSSR count). The fourth-order valence-corrected chi connectivity index (χ4v) is 3.37. The van der Waals surface area contributed by atoms with E-state index in [0.717, 1.165) is 12.1 Å². The Hall–Kier alpha value is -2.75. The molecule has 7 nitrogen and oxygen atoms in total. The first-order valence-corrected chi connectivity index (χ1v) is 8.29. The average Bonchev–Trinajstić information content (AvgIpc) is 3.05. The molecule has 1 atom stereocenters. The normalized spacial score (nSPS) is 18.2. The van der Waals surface area contributed by atoms with E-state index in [2.05, 4.69) is 4.98 Å². The van der Waals surface area contributed by atoms with Crippen molar-refractivity contribution in [2.24, 2.45) is 0 Å². The van der Waals surface area contributed by atoms with E-state index in [1.807, 2.05) is 4.90 Å². The van der Waals surface area contributed by atoms with Gasteiger partial charge in [0.25, 0.3) is 5.88 Å². The van der Waals surface area contributed by atoms with Crippen LogP contribution in [0, 0.1) is 17.5 Å². The van der Waals surface area contributed by atoms with Crippen LogP contribution >= 0.6 is 0 Å². The Balaban J connectivity index is 1.66. The first-order chi connectivity index (χ1) is 13.0. The highest BCUT2D eigenvalue weighted by Crippen LogP contribution is 2.40. The van der Waals surface area contributed by atoms with Crippen molar-refractivity contribution in [3.8, 4) is 11.6 Å². The summed E-state index contributed by atoms with van der Waals surface area (Å²) in [6.07, 6.45) is 0. The molecule has 1 saturated heterocycles. The zero-order valence-corrected chi connectivity index (χ0v) is 14.4. The minimum atomic E-state index is -1.55. The number of methoxy groups -OCH3 is 1. The maximum atomic E-state index is 13.4. The molecule has 1 aromatic heterocycles. The van der Waals surface area contributed by atoms with Crippen LogP contribution in [-0.2, 0) is 17.9 Å². The quantitative estimate of drug-likeness (QED) is 0.745. The van der Waals surface area contributed by atoms with E-state index in [1.165, 1.54) is 11.7 Å². The molecule has 2 aliphatic rings. The molecule has 2 aliphatic heterocycles. The van der Waals surface area contributed by atoms with Crippen LogP contribution in [0.3, 0.4) is 0 Å². The summed E-state index contributed by atoms with van der Waals surface area (Å²) in [5.41, 5.74) is -0.466. The van der Waals surface area contributed by atoms with E-state index in [1.54, 1.807) is 0 Å². The van der Waals surface area contributed by atoms with Crippen molar-refractivity contribution in [2.75, 3.05) is 31.8 Å². The number of hydrogen-bond donors (Lipinski definition) is 0. The molecule has 0 bridgehead atoms. The minimum Gasteiger partial charge on any atom is -0.489 e. The van der Waals surface area contributed by atoms with Gasteiger partial charge in [0.15, 0.2) is 23.3 Å². The third-order valence-corrected chi connectivity index (χ3v) is 4.60. The van der Waals surface area contributed by atoms with Gasteiger partial charge in [0.2, 0.25) is 5.75 Å². The zero-order valence-electron chi connectivity index (χ0n) is 14.4. The van der Waals surface area contributed by atoms with Crippen LogP contribution in [0.1, 0.15) is 5.56 Å². The van der Waals surface area contributed by atoms with Gasteiger partial charge in [0.05, 0.1) is 32.9 Å². The van der Waals surface area contributed by atoms with Gasteiger partial charge in [-0.1, -0.05) is 0 Å². The van der Waals surface area contributed by atoms with Gasteiger partial charge >= 0.3 is 5.69 Å². The van der Waals surface area contributed by atoms with Gasteiger partial charge in [-0.15, -0.1) is 0 Å². The summed E-state index contributed by atoms with van der Waals surface area (Å²) < 4.78 is 57.6. The highest BCUT2D eigenvalue weighted by atomic mass is 19.2. The van der Waals surface area contributed by atoms with Crippen LogP contribution in [-0.4, -0.2) is 42.5 Å². The van der Waals surface area contributed by atoms with Crippen LogP contribution in [0.2, 0.25) is 0 Å². The number of aromatic nitrogens is 2. The number of halogens is 3. The Kier molecular flexibility index (Phi) is 4.42. The summed E-state index contributed by atoms with van der Waals surface area (Å²) in [5, 5.41) is 0. The summed E-state index contributed by atoms with van der Waals surface area (Å²) >= 11 is 0. The molecular weight excluding hydrogens is 367 g/mol. The fraction of sp³-hybridized carbons (Fsp3) is 0.412. The standard InChI is InChI=1S/C17H16F3N3O4/c1-25-14-15(27-7-9-4-11(18)13(20)12(19)5-9)21-17(24)23-6-10-8-26-3-2-22(10)16(14)23/h4-5,10H,2-3,6-8H2,1H3. The molecule has 0 radical (unpaired) electrons. The lowest BCUT2D eigenvalue weighted by atomic mass is 10.2. The second kappa shape index (κ2) is 6.76. The molecule has 0 saturated carbocycles. The largest absolute Gasteiger partial charge is 0.489 e. The van der Waals surface area contributed by atoms with Crippen molar-refractivity contribution in [1.29, 1.82) is 0 Å². The lowest BCUT2D eigenvalue weighted by Crippen LogP contribution is -2.43. The van der Waals surface area contributed by atoms with Crippen molar-refractivity contribution in [1.82, 2.24) is 9.55 Å². The molecule has 10 heteroatoms. The third kappa shape index (κ3) is 2.99. The predicted molar refractivity (Wildman–Crippen MR) is 87.7 cm³/mol. The highest BCUT2D eigenvalue weighted by molar-refractivity contribution is 5.61. The monoisotopic (exact) mass is 383 g/mol. The van der Waals surface area contributed by atoms with Crippen molar-refractivity contribution in [2.45, 2.75) is 19.2 Å². The summed E-state index contributed by atoms with van der Waals surface area (Å²) in [5.74, 6) is -3.49. The van der Waals surface area contributed by atoms with Gasteiger partial charge in [-0.25, -0.2) is 18.0 Å². The molecule has 1 aromatic carbocycles. The molecule has 144 valence electrons. The van der Waals surface area contributed by atoms with Crippen molar-refractivity contribution in [3.05, 3.63) is 45.6 Å². The van der Waals surface area contributed by atoms with E-state index in [-0.39, 0.29) is 29.8 Å². The van der Waals surface area contributed by atoms with Gasteiger partial charge in [0, 0.05) is 6.54 Å². The maximum Gasteiger partial charge on any atom is 0.352 e. The van der Waals surface area contributed by atoms with E-state index in [4.69, 9.17) is 14.2 Å². The number of morpholine rings is 1. The van der Waals surface area contributed by atoms with Crippen LogP contribution in [0.25, 0.3) is 0 Å². The van der Waals surface area contributed by atoms with Crippen molar-refractivity contribution >= 4 is 5.82 Å². The number of rotatable bonds is 4. The van der Waals surface area contributed by atoms with Crippen molar-refractivity contribution < 1.29 is 27.4 Å². The summed E-state index contributed by atoms with van der Waals surface area (Å²) in [6, 6.07) is 1.64. The van der Waals surface area contributed by atoms with Gasteiger partial charge in [-0.2, -0.15) is 4.98 Å². The molecule has 2 aromatic rings. The SMILES string of the molecule is COc1c(OCc2cc(F)c(F)c(F)c2)nc(=O)n2c1N1CCOCC1C2. The third-order valence-electron chi connectivity index (χ3n) is 4.60. The lowest BCUT2D eigenvalue weighted by molar-refractivity contribution is 0.0955. The van der Waals surface area contributed by atoms with Gasteiger partial charge in [-0.05, 0) is 17.7 Å². The second-order valence-corrected chi connectivity index (χ2v) is 6.25. The summed E-state index contributed by atoms with van der Waals surface area (Å²) in [7, 11) is 1.42. The molecule has 1 unspecified atom stereocenters. The lowest BCUT2D eigenvalue weighted by Gasteiger charge is -2.31. The number of fused-ring (bicyclic) bond motifs is 3. The number of nitrogens with zero attached hydrogens (tertiary/aromatic N) is 3. The molecule has 27 heavy (non-hydrogen) atoms. The average molecular weight is 383 g/mol. The van der Waals surface area contributed by atoms with Gasteiger partial charge in [0.1, 0.15) is 6.61 Å². The molecule has 0 aliphatic carbocycles. The molecule has 0 amide bonds. The molecular formula is C17H16F3N3O4. The van der Waals surface area contributed by atoms with Crippen LogP contribution in [0.5, 0.6) is 11.6 Å². The Labute approximate surface area is 151 Å². The molecule has 3 heterocycles. The topological polar surface area (TPSA) is 65.8 Å². The van der Waals surface area contributed by atoms with Crippen LogP contribution < -0.4 is 20.1 Å². The fourth-order valence-electron chi connectivity index (χ4n) is 3.37. The number of benzene rings is 1. The Morgan fingerprint density at radius 2 is 2.04 bits per heavy atom. The smallest absolute Gasteiger partial charge is 0.352 e. The van der Waals surface area contributed by atoms with E-state index in [0.29, 0.717) is 32.1 Å². The van der Waals surface area contributed by atoms with Crippen LogP contribution in [0.4, 0.5) is 19.0 Å². The number of ether oxygens (including phenoxy) is 3. The Morgan fingerprint density at radius 3 is 2.74 bits per heavy atom. The number of hydrogen-bond acceptors (Lipinski definition) is 6. The first kappa shape index (κ1) is 17.7. The Morgan fingerprint density at radius 1 is 1.30 bits per heavy atom. The number of anilines is 1. The minimum absolute atomic E-state index is 0.00214. The predicted octanol–water partition coefficient (Wildman–Crippen LogP) is 1.47. The zero-order chi connectivity index (χ0) is 19.1. The first-order valence-electron chi connectivity index (χ1n) is 8.29. The highest BCUT2D eigenvalue weighted by Gasteiger charge is 2.37. The van der Waals surface area contributed by atoms with E-state index < -0.39 is 23.1 Å². The van der Waals surface area contributed by atoms with Crippen molar-refractivity contribution in [3.63, 3.8) is 0 Å². The Bertz CT molecular complexity index is 927. The van der Waals surface area contributed by atoms with Gasteiger partial charge < -0.3 is 19.1 Å². The second-order valence-electron chi connectivity index (χ2n) is 6.25. The van der Waals surface area contributed by atoms with E-state index >= 15 is 0 Å². The maximum absolute atomic E-state index is 13.4. The molecule has 1 fully saturated rings. The van der Waals surface area contributed by atoms with E-state index in [9.17, 15) is 18.0 Å². The summed E-state index contributed by atoms with van der Waals surface area (Å²) in [6.45, 7) is 1.69.